The highest BCUT2D eigenvalue weighted by Crippen LogP contribution is 2.32. The molecule has 0 saturated heterocycles. The summed E-state index contributed by atoms with van der Waals surface area (Å²) in [7, 11) is 3.11. The number of nitrogens with zero attached hydrogens (tertiary/aromatic N) is 4. The summed E-state index contributed by atoms with van der Waals surface area (Å²) in [6, 6.07) is 8.19. The van der Waals surface area contributed by atoms with Crippen LogP contribution in [0.2, 0.25) is 0 Å². The van der Waals surface area contributed by atoms with Crippen LogP contribution in [0.15, 0.2) is 46.8 Å². The third-order valence-electron chi connectivity index (χ3n) is 3.64. The monoisotopic (exact) mass is 340 g/mol. The van der Waals surface area contributed by atoms with E-state index in [-0.39, 0.29) is 5.56 Å². The molecule has 0 bridgehead atoms. The normalized spacial score (nSPS) is 11.2. The lowest BCUT2D eigenvalue weighted by molar-refractivity contribution is 0.0697. The number of aryl methyl sites for hydroxylation is 1. The van der Waals surface area contributed by atoms with Gasteiger partial charge in [-0.1, -0.05) is 0 Å². The molecule has 128 valence electrons. The zero-order valence-electron chi connectivity index (χ0n) is 13.9. The predicted octanol–water partition coefficient (Wildman–Crippen LogP) is 3.77. The topological polar surface area (TPSA) is 97.8 Å². The van der Waals surface area contributed by atoms with Crippen LogP contribution in [0.25, 0.3) is 5.65 Å². The number of carbonyl (C=O) groups is 1. The van der Waals surface area contributed by atoms with E-state index >= 15 is 0 Å². The first-order chi connectivity index (χ1) is 12.0. The number of ether oxygens (including phenoxy) is 2. The molecule has 0 aliphatic rings. The zero-order valence-corrected chi connectivity index (χ0v) is 13.9. The van der Waals surface area contributed by atoms with E-state index in [1.807, 2.05) is 0 Å². The lowest BCUT2D eigenvalue weighted by Gasteiger charge is -2.06. The lowest BCUT2D eigenvalue weighted by Crippen LogP contribution is -1.97. The number of hydrogen-bond donors (Lipinski definition) is 1. The van der Waals surface area contributed by atoms with E-state index in [1.165, 1.54) is 12.1 Å². The molecule has 0 atom stereocenters. The second-order valence-electron chi connectivity index (χ2n) is 5.21. The van der Waals surface area contributed by atoms with Crippen LogP contribution in [0.3, 0.4) is 0 Å². The van der Waals surface area contributed by atoms with Crippen molar-refractivity contribution in [2.75, 3.05) is 14.2 Å². The lowest BCUT2D eigenvalue weighted by atomic mass is 10.3. The zero-order chi connectivity index (χ0) is 18.0. The van der Waals surface area contributed by atoms with Gasteiger partial charge >= 0.3 is 5.97 Å². The molecule has 2 aromatic heterocycles. The van der Waals surface area contributed by atoms with E-state index in [2.05, 4.69) is 15.2 Å². The van der Waals surface area contributed by atoms with Crippen molar-refractivity contribution in [1.82, 2.24) is 9.38 Å². The first-order valence-electron chi connectivity index (χ1n) is 7.39. The number of carboxylic acids is 1. The molecule has 8 heteroatoms. The van der Waals surface area contributed by atoms with Crippen LogP contribution in [0.5, 0.6) is 11.5 Å². The molecule has 0 fully saturated rings. The number of fused-ring (bicyclic) bond motifs is 1. The highest BCUT2D eigenvalue weighted by atomic mass is 16.5. The SMILES string of the molecule is COc1ccc(N=Nc2c(C)nc3cc(C(=O)O)ccn23)cc1OC. The molecule has 2 heterocycles. The third-order valence-corrected chi connectivity index (χ3v) is 3.64. The van der Waals surface area contributed by atoms with Crippen molar-refractivity contribution in [3.05, 3.63) is 47.8 Å². The van der Waals surface area contributed by atoms with Gasteiger partial charge in [0.2, 0.25) is 0 Å². The Morgan fingerprint density at radius 3 is 2.56 bits per heavy atom. The maximum absolute atomic E-state index is 11.1. The number of rotatable bonds is 5. The quantitative estimate of drug-likeness (QED) is 0.713. The van der Waals surface area contributed by atoms with Gasteiger partial charge in [-0.2, -0.15) is 0 Å². The summed E-state index contributed by atoms with van der Waals surface area (Å²) >= 11 is 0. The Hall–Kier alpha value is -3.42. The van der Waals surface area contributed by atoms with E-state index in [0.717, 1.165) is 0 Å². The van der Waals surface area contributed by atoms with Gasteiger partial charge in [0.25, 0.3) is 0 Å². The van der Waals surface area contributed by atoms with Crippen molar-refractivity contribution in [3.63, 3.8) is 0 Å². The van der Waals surface area contributed by atoms with Crippen molar-refractivity contribution in [2.24, 2.45) is 10.2 Å². The fourth-order valence-corrected chi connectivity index (χ4v) is 2.40. The Bertz CT molecular complexity index is 978. The van der Waals surface area contributed by atoms with E-state index in [4.69, 9.17) is 14.6 Å². The maximum Gasteiger partial charge on any atom is 0.335 e. The van der Waals surface area contributed by atoms with E-state index in [0.29, 0.717) is 34.3 Å². The molecular weight excluding hydrogens is 324 g/mol. The third kappa shape index (κ3) is 3.14. The first kappa shape index (κ1) is 16.4. The summed E-state index contributed by atoms with van der Waals surface area (Å²) in [5.41, 5.74) is 1.90. The minimum atomic E-state index is -1.00. The number of carboxylic acid groups (broad SMARTS) is 1. The molecule has 1 aromatic carbocycles. The molecular formula is C17H16N4O4. The summed E-state index contributed by atoms with van der Waals surface area (Å²) in [4.78, 5) is 15.4. The second kappa shape index (κ2) is 6.60. The molecule has 0 unspecified atom stereocenters. The van der Waals surface area contributed by atoms with Crippen LogP contribution < -0.4 is 9.47 Å². The maximum atomic E-state index is 11.1. The fraction of sp³-hybridized carbons (Fsp3) is 0.176. The van der Waals surface area contributed by atoms with E-state index in [1.54, 1.807) is 49.9 Å². The molecule has 0 aliphatic carbocycles. The molecule has 8 nitrogen and oxygen atoms in total. The van der Waals surface area contributed by atoms with Crippen LogP contribution in [0, 0.1) is 6.92 Å². The van der Waals surface area contributed by atoms with E-state index in [9.17, 15) is 4.79 Å². The molecule has 25 heavy (non-hydrogen) atoms. The fourth-order valence-electron chi connectivity index (χ4n) is 2.40. The van der Waals surface area contributed by atoms with Crippen molar-refractivity contribution in [2.45, 2.75) is 6.92 Å². The summed E-state index contributed by atoms with van der Waals surface area (Å²) in [6.45, 7) is 1.79. The van der Waals surface area contributed by atoms with Gasteiger partial charge in [0, 0.05) is 12.3 Å². The van der Waals surface area contributed by atoms with Gasteiger partial charge in [-0.15, -0.1) is 10.2 Å². The Morgan fingerprint density at radius 1 is 1.12 bits per heavy atom. The van der Waals surface area contributed by atoms with Crippen LogP contribution >= 0.6 is 0 Å². The minimum absolute atomic E-state index is 0.167. The van der Waals surface area contributed by atoms with Crippen LogP contribution in [0.1, 0.15) is 16.1 Å². The van der Waals surface area contributed by atoms with Gasteiger partial charge in [0.1, 0.15) is 5.65 Å². The summed E-state index contributed by atoms with van der Waals surface area (Å²) in [5, 5.41) is 17.5. The van der Waals surface area contributed by atoms with E-state index < -0.39 is 5.97 Å². The predicted molar refractivity (Wildman–Crippen MR) is 90.6 cm³/mol. The first-order valence-corrected chi connectivity index (χ1v) is 7.39. The highest BCUT2D eigenvalue weighted by Gasteiger charge is 2.11. The molecule has 1 N–H and O–H groups in total. The molecule has 3 rings (SSSR count). The van der Waals surface area contributed by atoms with Gasteiger partial charge in [0.15, 0.2) is 17.3 Å². The van der Waals surface area contributed by atoms with Gasteiger partial charge in [0.05, 0.1) is 31.2 Å². The van der Waals surface area contributed by atoms with Crippen molar-refractivity contribution in [1.29, 1.82) is 0 Å². The van der Waals surface area contributed by atoms with Crippen LogP contribution in [0.4, 0.5) is 11.5 Å². The molecule has 0 saturated carbocycles. The van der Waals surface area contributed by atoms with Crippen molar-refractivity contribution in [3.8, 4) is 11.5 Å². The molecule has 0 amide bonds. The van der Waals surface area contributed by atoms with Gasteiger partial charge in [-0.05, 0) is 31.2 Å². The Labute approximate surface area is 143 Å². The highest BCUT2D eigenvalue weighted by molar-refractivity contribution is 5.88. The number of azo groups is 1. The molecule has 3 aromatic rings. The average Bonchev–Trinajstić information content (AvgIpc) is 2.93. The molecule has 0 spiro atoms. The smallest absolute Gasteiger partial charge is 0.335 e. The summed E-state index contributed by atoms with van der Waals surface area (Å²) in [6.07, 6.45) is 1.61. The standard InChI is InChI=1S/C17H16N4O4/c1-10-16(21-7-6-11(17(22)23)8-15(21)18-10)20-19-12-4-5-13(24-2)14(9-12)25-3/h4-9H,1-3H3,(H,22,23). The van der Waals surface area contributed by atoms with Crippen molar-refractivity contribution >= 4 is 23.1 Å². The van der Waals surface area contributed by atoms with Gasteiger partial charge in [-0.25, -0.2) is 9.78 Å². The Kier molecular flexibility index (Phi) is 4.34. The number of methoxy groups -OCH3 is 2. The summed E-state index contributed by atoms with van der Waals surface area (Å²) in [5.74, 6) is 0.687. The van der Waals surface area contributed by atoms with Crippen molar-refractivity contribution < 1.29 is 19.4 Å². The molecule has 0 radical (unpaired) electrons. The Balaban J connectivity index is 1.98. The minimum Gasteiger partial charge on any atom is -0.493 e. The second-order valence-corrected chi connectivity index (χ2v) is 5.21. The number of aromatic carboxylic acids is 1. The number of aromatic nitrogens is 2. The number of imidazole rings is 1. The Morgan fingerprint density at radius 2 is 1.88 bits per heavy atom. The van der Waals surface area contributed by atoms with Crippen LogP contribution in [-0.4, -0.2) is 34.7 Å². The number of benzene rings is 1. The molecule has 0 aliphatic heterocycles. The van der Waals surface area contributed by atoms with Crippen LogP contribution in [-0.2, 0) is 0 Å². The summed E-state index contributed by atoms with van der Waals surface area (Å²) < 4.78 is 12.1. The largest absolute Gasteiger partial charge is 0.493 e. The van der Waals surface area contributed by atoms with Gasteiger partial charge < -0.3 is 14.6 Å². The van der Waals surface area contributed by atoms with Gasteiger partial charge in [-0.3, -0.25) is 4.40 Å². The number of pyridine rings is 1. The average molecular weight is 340 g/mol. The number of hydrogen-bond acceptors (Lipinski definition) is 6.